The Kier molecular flexibility index (Phi) is 1.95. The molecule has 2 aromatic rings. The van der Waals surface area contributed by atoms with Crippen molar-refractivity contribution >= 4 is 17.0 Å². The van der Waals surface area contributed by atoms with Crippen molar-refractivity contribution in [3.05, 3.63) is 12.7 Å². The molecule has 2 aromatic heterocycles. The number of nitrogens with one attached hydrogen (secondary N) is 1. The highest BCUT2D eigenvalue weighted by molar-refractivity contribution is 5.80. The predicted molar refractivity (Wildman–Crippen MR) is 47.1 cm³/mol. The summed E-state index contributed by atoms with van der Waals surface area (Å²) in [6, 6.07) is 0. The minimum absolute atomic E-state index is 0.508. The van der Waals surface area contributed by atoms with E-state index in [9.17, 15) is 0 Å². The van der Waals surface area contributed by atoms with E-state index in [-0.39, 0.29) is 0 Å². The quantitative estimate of drug-likeness (QED) is 0.706. The number of nitrogens with zero attached hydrogens (tertiary/aromatic N) is 5. The Morgan fingerprint density at radius 1 is 1.23 bits per heavy atom. The van der Waals surface area contributed by atoms with Gasteiger partial charge < -0.3 is 5.32 Å². The van der Waals surface area contributed by atoms with Gasteiger partial charge in [-0.1, -0.05) is 0 Å². The fraction of sp³-hybridized carbons (Fsp3) is 0.286. The highest BCUT2D eigenvalue weighted by atomic mass is 15.2. The molecule has 0 aliphatic carbocycles. The van der Waals surface area contributed by atoms with Crippen molar-refractivity contribution in [3.63, 3.8) is 0 Å². The highest BCUT2D eigenvalue weighted by Crippen LogP contribution is 2.11. The second kappa shape index (κ2) is 3.26. The van der Waals surface area contributed by atoms with Gasteiger partial charge in [0, 0.05) is 6.54 Å². The molecule has 0 aromatic carbocycles. The maximum atomic E-state index is 4.04. The van der Waals surface area contributed by atoms with E-state index in [1.807, 2.05) is 6.92 Å². The molecule has 0 radical (unpaired) electrons. The molecule has 0 saturated carbocycles. The summed E-state index contributed by atoms with van der Waals surface area (Å²) in [5.74, 6) is 0.697. The summed E-state index contributed by atoms with van der Waals surface area (Å²) in [6.07, 6.45) is 2.82. The largest absolute Gasteiger partial charge is 0.368 e. The molecule has 0 spiro atoms. The van der Waals surface area contributed by atoms with Crippen molar-refractivity contribution in [2.45, 2.75) is 6.92 Å². The van der Waals surface area contributed by atoms with Crippen LogP contribution < -0.4 is 5.32 Å². The minimum atomic E-state index is 0.508. The molecule has 1 N–H and O–H groups in total. The zero-order chi connectivity index (χ0) is 9.10. The average Bonchev–Trinajstić information content (AvgIpc) is 2.19. The Morgan fingerprint density at radius 3 is 3.00 bits per heavy atom. The van der Waals surface area contributed by atoms with Crippen molar-refractivity contribution in [1.29, 1.82) is 0 Å². The lowest BCUT2D eigenvalue weighted by atomic mass is 10.5. The molecular weight excluding hydrogens is 168 g/mol. The van der Waals surface area contributed by atoms with Gasteiger partial charge in [-0.3, -0.25) is 0 Å². The molecule has 0 aliphatic heterocycles. The summed E-state index contributed by atoms with van der Waals surface area (Å²) in [5.41, 5.74) is 1.16. The van der Waals surface area contributed by atoms with Gasteiger partial charge in [-0.2, -0.15) is 0 Å². The van der Waals surface area contributed by atoms with Crippen molar-refractivity contribution in [2.75, 3.05) is 11.9 Å². The van der Waals surface area contributed by atoms with Crippen LogP contribution >= 0.6 is 0 Å². The van der Waals surface area contributed by atoms with Crippen LogP contribution in [0.1, 0.15) is 6.92 Å². The van der Waals surface area contributed by atoms with Crippen molar-refractivity contribution in [2.24, 2.45) is 0 Å². The van der Waals surface area contributed by atoms with Gasteiger partial charge in [0.2, 0.25) is 5.65 Å². The van der Waals surface area contributed by atoms with E-state index in [4.69, 9.17) is 0 Å². The molecule has 0 aliphatic rings. The molecule has 6 nitrogen and oxygen atoms in total. The molecule has 0 atom stereocenters. The molecule has 0 unspecified atom stereocenters. The third kappa shape index (κ3) is 1.37. The van der Waals surface area contributed by atoms with Crippen LogP contribution in [-0.2, 0) is 0 Å². The number of anilines is 1. The molecule has 0 saturated heterocycles. The lowest BCUT2D eigenvalue weighted by molar-refractivity contribution is 0.986. The van der Waals surface area contributed by atoms with Crippen LogP contribution in [0.4, 0.5) is 5.82 Å². The lowest BCUT2D eigenvalue weighted by Crippen LogP contribution is -2.02. The van der Waals surface area contributed by atoms with Gasteiger partial charge in [0.15, 0.2) is 11.3 Å². The molecule has 0 bridgehead atoms. The van der Waals surface area contributed by atoms with Crippen LogP contribution in [0.5, 0.6) is 0 Å². The molecule has 2 heterocycles. The maximum absolute atomic E-state index is 4.04. The van der Waals surface area contributed by atoms with E-state index >= 15 is 0 Å². The highest BCUT2D eigenvalue weighted by Gasteiger charge is 2.03. The van der Waals surface area contributed by atoms with E-state index < -0.39 is 0 Å². The van der Waals surface area contributed by atoms with Gasteiger partial charge >= 0.3 is 0 Å². The third-order valence-electron chi connectivity index (χ3n) is 1.54. The molecule has 13 heavy (non-hydrogen) atoms. The molecular formula is C7H8N6. The van der Waals surface area contributed by atoms with Crippen LogP contribution in [0.3, 0.4) is 0 Å². The summed E-state index contributed by atoms with van der Waals surface area (Å²) in [7, 11) is 0. The van der Waals surface area contributed by atoms with Crippen molar-refractivity contribution in [1.82, 2.24) is 25.1 Å². The van der Waals surface area contributed by atoms with Crippen LogP contribution in [0.15, 0.2) is 12.7 Å². The van der Waals surface area contributed by atoms with E-state index in [2.05, 4.69) is 30.5 Å². The van der Waals surface area contributed by atoms with E-state index in [1.54, 1.807) is 0 Å². The van der Waals surface area contributed by atoms with Crippen molar-refractivity contribution in [3.8, 4) is 0 Å². The fourth-order valence-corrected chi connectivity index (χ4v) is 1.02. The van der Waals surface area contributed by atoms with Gasteiger partial charge in [0.1, 0.15) is 12.7 Å². The van der Waals surface area contributed by atoms with Crippen LogP contribution in [0, 0.1) is 0 Å². The summed E-state index contributed by atoms with van der Waals surface area (Å²) >= 11 is 0. The van der Waals surface area contributed by atoms with Gasteiger partial charge in [0.25, 0.3) is 0 Å². The lowest BCUT2D eigenvalue weighted by Gasteiger charge is -2.02. The molecule has 2 rings (SSSR count). The van der Waals surface area contributed by atoms with Gasteiger partial charge in [-0.15, -0.1) is 10.2 Å². The van der Waals surface area contributed by atoms with E-state index in [0.717, 1.165) is 6.54 Å². The Labute approximate surface area is 74.5 Å². The standard InChI is InChI=1S/C7H8N6/c1-2-8-6-5-7(11-3-10-6)13-12-4-9-5/h3-4H,2H2,1H3,(H,8,10,11,13). The van der Waals surface area contributed by atoms with E-state index in [1.165, 1.54) is 12.7 Å². The van der Waals surface area contributed by atoms with Gasteiger partial charge in [-0.05, 0) is 6.92 Å². The van der Waals surface area contributed by atoms with Crippen LogP contribution in [-0.4, -0.2) is 31.7 Å². The maximum Gasteiger partial charge on any atom is 0.205 e. The Hall–Kier alpha value is -1.85. The molecule has 0 amide bonds. The smallest absolute Gasteiger partial charge is 0.205 e. The SMILES string of the molecule is CCNc1ncnc2nncnc12. The number of fused-ring (bicyclic) bond motifs is 1. The Bertz CT molecular complexity index is 409. The fourth-order valence-electron chi connectivity index (χ4n) is 1.02. The third-order valence-corrected chi connectivity index (χ3v) is 1.54. The number of hydrogen-bond acceptors (Lipinski definition) is 6. The summed E-state index contributed by atoms with van der Waals surface area (Å²) in [6.45, 7) is 2.78. The zero-order valence-electron chi connectivity index (χ0n) is 7.10. The number of aromatic nitrogens is 5. The topological polar surface area (TPSA) is 76.5 Å². The first-order valence-electron chi connectivity index (χ1n) is 3.94. The van der Waals surface area contributed by atoms with Crippen LogP contribution in [0.25, 0.3) is 11.2 Å². The second-order valence-corrected chi connectivity index (χ2v) is 2.38. The Morgan fingerprint density at radius 2 is 2.15 bits per heavy atom. The number of hydrogen-bond donors (Lipinski definition) is 1. The van der Waals surface area contributed by atoms with E-state index in [0.29, 0.717) is 17.0 Å². The molecule has 0 fully saturated rings. The van der Waals surface area contributed by atoms with Crippen molar-refractivity contribution < 1.29 is 0 Å². The first-order chi connectivity index (χ1) is 6.42. The van der Waals surface area contributed by atoms with Gasteiger partial charge in [0.05, 0.1) is 0 Å². The summed E-state index contributed by atoms with van der Waals surface area (Å²) in [4.78, 5) is 12.0. The van der Waals surface area contributed by atoms with Gasteiger partial charge in [-0.25, -0.2) is 15.0 Å². The predicted octanol–water partition coefficient (Wildman–Crippen LogP) is 0.247. The Balaban J connectivity index is 2.61. The first kappa shape index (κ1) is 7.78. The average molecular weight is 176 g/mol. The molecule has 66 valence electrons. The normalized spacial score (nSPS) is 10.2. The monoisotopic (exact) mass is 176 g/mol. The minimum Gasteiger partial charge on any atom is -0.368 e. The summed E-state index contributed by atoms with van der Waals surface area (Å²) < 4.78 is 0. The molecule has 6 heteroatoms. The first-order valence-corrected chi connectivity index (χ1v) is 3.94. The van der Waals surface area contributed by atoms with Crippen LogP contribution in [0.2, 0.25) is 0 Å². The zero-order valence-corrected chi connectivity index (χ0v) is 7.10. The summed E-state index contributed by atoms with van der Waals surface area (Å²) in [5, 5.41) is 10.5. The number of rotatable bonds is 2. The second-order valence-electron chi connectivity index (χ2n) is 2.38.